The molecule has 98 valence electrons. The Bertz CT molecular complexity index is 322. The van der Waals surface area contributed by atoms with E-state index < -0.39 is 5.97 Å². The van der Waals surface area contributed by atoms with Crippen LogP contribution in [0.2, 0.25) is 0 Å². The molecule has 0 heterocycles. The Labute approximate surface area is 102 Å². The van der Waals surface area contributed by atoms with Crippen molar-refractivity contribution in [3.05, 3.63) is 11.1 Å². The number of aliphatic carboxylic acids is 1. The molecule has 0 saturated heterocycles. The summed E-state index contributed by atoms with van der Waals surface area (Å²) in [5, 5.41) is 11.4. The zero-order chi connectivity index (χ0) is 13.6. The lowest BCUT2D eigenvalue weighted by Crippen LogP contribution is -2.36. The SMILES string of the molecule is C/C(C(=O)O)=C(\C)C(=O)NCCN(C)C(C)C. The molecule has 0 spiro atoms. The molecule has 2 N–H and O–H groups in total. The fourth-order valence-electron chi connectivity index (χ4n) is 1.07. The Balaban J connectivity index is 4.21. The summed E-state index contributed by atoms with van der Waals surface area (Å²) in [6, 6.07) is 0.421. The lowest BCUT2D eigenvalue weighted by Gasteiger charge is -2.20. The van der Waals surface area contributed by atoms with Crippen molar-refractivity contribution in [3.8, 4) is 0 Å². The third kappa shape index (κ3) is 5.49. The molecule has 1 amide bonds. The first-order chi connectivity index (χ1) is 7.77. The molecule has 0 aliphatic rings. The zero-order valence-electron chi connectivity index (χ0n) is 11.2. The molecular formula is C12H22N2O3. The summed E-state index contributed by atoms with van der Waals surface area (Å²) in [7, 11) is 1.97. The van der Waals surface area contributed by atoms with Gasteiger partial charge in [-0.15, -0.1) is 0 Å². The van der Waals surface area contributed by atoms with Gasteiger partial charge in [0.05, 0.1) is 0 Å². The standard InChI is InChI=1S/C12H22N2O3/c1-8(2)14(5)7-6-13-11(15)9(3)10(4)12(16)17/h8H,6-7H2,1-5H3,(H,13,15)(H,16,17)/b10-9-. The minimum absolute atomic E-state index is 0.0831. The summed E-state index contributed by atoms with van der Waals surface area (Å²) in [5.41, 5.74) is 0.337. The Morgan fingerprint density at radius 1 is 1.24 bits per heavy atom. The van der Waals surface area contributed by atoms with Crippen LogP contribution in [0.5, 0.6) is 0 Å². The summed E-state index contributed by atoms with van der Waals surface area (Å²) < 4.78 is 0. The normalized spacial score (nSPS) is 12.6. The number of nitrogens with one attached hydrogen (secondary N) is 1. The summed E-state index contributed by atoms with van der Waals surface area (Å²) in [6.07, 6.45) is 0. The van der Waals surface area contributed by atoms with Gasteiger partial charge in [0.25, 0.3) is 0 Å². The van der Waals surface area contributed by atoms with Gasteiger partial charge >= 0.3 is 5.97 Å². The van der Waals surface area contributed by atoms with Crippen LogP contribution in [-0.4, -0.2) is 48.1 Å². The Morgan fingerprint density at radius 2 is 1.76 bits per heavy atom. The predicted molar refractivity (Wildman–Crippen MR) is 66.8 cm³/mol. The number of carboxylic acid groups (broad SMARTS) is 1. The van der Waals surface area contributed by atoms with Gasteiger partial charge in [-0.25, -0.2) is 4.79 Å². The van der Waals surface area contributed by atoms with Crippen molar-refractivity contribution in [2.75, 3.05) is 20.1 Å². The zero-order valence-corrected chi connectivity index (χ0v) is 11.2. The maximum absolute atomic E-state index is 11.6. The Morgan fingerprint density at radius 3 is 2.18 bits per heavy atom. The second-order valence-corrected chi connectivity index (χ2v) is 4.39. The molecule has 0 aliphatic heterocycles. The molecule has 0 aromatic carbocycles. The van der Waals surface area contributed by atoms with Crippen LogP contribution in [0.15, 0.2) is 11.1 Å². The Kier molecular flexibility index (Phi) is 6.50. The van der Waals surface area contributed by atoms with Gasteiger partial charge in [0.15, 0.2) is 0 Å². The van der Waals surface area contributed by atoms with Gasteiger partial charge in [-0.05, 0) is 34.7 Å². The van der Waals surface area contributed by atoms with Crippen molar-refractivity contribution >= 4 is 11.9 Å². The lowest BCUT2D eigenvalue weighted by atomic mass is 10.1. The van der Waals surface area contributed by atoms with Crippen molar-refractivity contribution in [2.45, 2.75) is 33.7 Å². The predicted octanol–water partition coefficient (Wildman–Crippen LogP) is 0.864. The molecule has 0 aromatic rings. The molecule has 0 aliphatic carbocycles. The molecule has 17 heavy (non-hydrogen) atoms. The van der Waals surface area contributed by atoms with E-state index in [1.54, 1.807) is 0 Å². The lowest BCUT2D eigenvalue weighted by molar-refractivity contribution is -0.133. The molecule has 0 radical (unpaired) electrons. The molecule has 0 fully saturated rings. The van der Waals surface area contributed by atoms with E-state index in [4.69, 9.17) is 5.11 Å². The van der Waals surface area contributed by atoms with Crippen LogP contribution < -0.4 is 5.32 Å². The molecular weight excluding hydrogens is 220 g/mol. The van der Waals surface area contributed by atoms with Crippen LogP contribution in [0.25, 0.3) is 0 Å². The van der Waals surface area contributed by atoms with Gasteiger partial charge in [-0.3, -0.25) is 4.79 Å². The number of amides is 1. The van der Waals surface area contributed by atoms with E-state index in [-0.39, 0.29) is 17.1 Å². The second-order valence-electron chi connectivity index (χ2n) is 4.39. The van der Waals surface area contributed by atoms with Gasteiger partial charge in [-0.2, -0.15) is 0 Å². The third-order valence-corrected chi connectivity index (χ3v) is 2.86. The number of carboxylic acids is 1. The summed E-state index contributed by atoms with van der Waals surface area (Å²) in [6.45, 7) is 8.34. The van der Waals surface area contributed by atoms with E-state index in [0.29, 0.717) is 12.6 Å². The van der Waals surface area contributed by atoms with E-state index in [1.807, 2.05) is 7.05 Å². The minimum Gasteiger partial charge on any atom is -0.478 e. The molecule has 0 unspecified atom stereocenters. The van der Waals surface area contributed by atoms with Gasteiger partial charge < -0.3 is 15.3 Å². The summed E-state index contributed by atoms with van der Waals surface area (Å²) in [4.78, 5) is 24.4. The molecule has 5 heteroatoms. The van der Waals surface area contributed by atoms with Crippen LogP contribution in [0, 0.1) is 0 Å². The highest BCUT2D eigenvalue weighted by molar-refractivity contribution is 6.01. The van der Waals surface area contributed by atoms with Gasteiger partial charge in [0.2, 0.25) is 5.91 Å². The number of likely N-dealkylation sites (N-methyl/N-ethyl adjacent to an activating group) is 1. The fourth-order valence-corrected chi connectivity index (χ4v) is 1.07. The number of hydrogen-bond donors (Lipinski definition) is 2. The molecule has 0 rings (SSSR count). The highest BCUT2D eigenvalue weighted by atomic mass is 16.4. The van der Waals surface area contributed by atoms with Crippen molar-refractivity contribution in [2.24, 2.45) is 0 Å². The van der Waals surface area contributed by atoms with Crippen molar-refractivity contribution in [1.82, 2.24) is 10.2 Å². The van der Waals surface area contributed by atoms with E-state index in [2.05, 4.69) is 24.1 Å². The Hall–Kier alpha value is -1.36. The number of hydrogen-bond acceptors (Lipinski definition) is 3. The highest BCUT2D eigenvalue weighted by Crippen LogP contribution is 2.03. The maximum atomic E-state index is 11.6. The average molecular weight is 242 g/mol. The van der Waals surface area contributed by atoms with Crippen LogP contribution in [-0.2, 0) is 9.59 Å². The third-order valence-electron chi connectivity index (χ3n) is 2.86. The van der Waals surface area contributed by atoms with E-state index in [1.165, 1.54) is 13.8 Å². The van der Waals surface area contributed by atoms with Crippen LogP contribution in [0.4, 0.5) is 0 Å². The topological polar surface area (TPSA) is 69.6 Å². The quantitative estimate of drug-likeness (QED) is 0.678. The highest BCUT2D eigenvalue weighted by Gasteiger charge is 2.12. The van der Waals surface area contributed by atoms with Crippen molar-refractivity contribution in [1.29, 1.82) is 0 Å². The number of nitrogens with zero attached hydrogens (tertiary/aromatic N) is 1. The van der Waals surface area contributed by atoms with Crippen LogP contribution in [0.3, 0.4) is 0 Å². The first-order valence-corrected chi connectivity index (χ1v) is 5.66. The second kappa shape index (κ2) is 7.06. The minimum atomic E-state index is -1.06. The van der Waals surface area contributed by atoms with Gasteiger partial charge in [-0.1, -0.05) is 0 Å². The van der Waals surface area contributed by atoms with Gasteiger partial charge in [0, 0.05) is 30.3 Å². The molecule has 0 aromatic heterocycles. The number of carbonyl (C=O) groups is 2. The van der Waals surface area contributed by atoms with E-state index in [9.17, 15) is 9.59 Å². The summed E-state index contributed by atoms with van der Waals surface area (Å²) in [5.74, 6) is -1.38. The molecule has 0 bridgehead atoms. The summed E-state index contributed by atoms with van der Waals surface area (Å²) >= 11 is 0. The fraction of sp³-hybridized carbons (Fsp3) is 0.667. The largest absolute Gasteiger partial charge is 0.478 e. The smallest absolute Gasteiger partial charge is 0.331 e. The van der Waals surface area contributed by atoms with Crippen LogP contribution in [0.1, 0.15) is 27.7 Å². The van der Waals surface area contributed by atoms with Crippen molar-refractivity contribution in [3.63, 3.8) is 0 Å². The molecule has 5 nitrogen and oxygen atoms in total. The first kappa shape index (κ1) is 15.6. The molecule has 0 saturated carbocycles. The maximum Gasteiger partial charge on any atom is 0.331 e. The molecule has 0 atom stereocenters. The van der Waals surface area contributed by atoms with Crippen LogP contribution >= 0.6 is 0 Å². The average Bonchev–Trinajstić information content (AvgIpc) is 2.26. The van der Waals surface area contributed by atoms with E-state index in [0.717, 1.165) is 6.54 Å². The first-order valence-electron chi connectivity index (χ1n) is 5.66. The number of carbonyl (C=O) groups excluding carboxylic acids is 1. The monoisotopic (exact) mass is 242 g/mol. The van der Waals surface area contributed by atoms with Crippen molar-refractivity contribution < 1.29 is 14.7 Å². The van der Waals surface area contributed by atoms with E-state index >= 15 is 0 Å². The number of rotatable bonds is 6. The van der Waals surface area contributed by atoms with Gasteiger partial charge in [0.1, 0.15) is 0 Å².